The van der Waals surface area contributed by atoms with Gasteiger partial charge in [-0.3, -0.25) is 14.4 Å². The summed E-state index contributed by atoms with van der Waals surface area (Å²) < 4.78 is 5.31. The van der Waals surface area contributed by atoms with Crippen molar-refractivity contribution in [2.75, 3.05) is 6.61 Å². The van der Waals surface area contributed by atoms with E-state index in [9.17, 15) is 19.6 Å². The smallest absolute Gasteiger partial charge is 0.324 e. The Kier molecular flexibility index (Phi) is 8.74. The van der Waals surface area contributed by atoms with Crippen molar-refractivity contribution in [3.05, 3.63) is 35.9 Å². The van der Waals surface area contributed by atoms with Gasteiger partial charge in [0.25, 0.3) is 0 Å². The van der Waals surface area contributed by atoms with Crippen LogP contribution in [0, 0.1) is 23.2 Å². The van der Waals surface area contributed by atoms with Crippen LogP contribution in [0.25, 0.3) is 0 Å². The summed E-state index contributed by atoms with van der Waals surface area (Å²) in [5, 5.41) is 14.4. The second-order valence-electron chi connectivity index (χ2n) is 6.91. The maximum atomic E-state index is 12.7. The number of nitriles is 1. The molecule has 7 nitrogen and oxygen atoms in total. The average molecular weight is 416 g/mol. The first-order valence-electron chi connectivity index (χ1n) is 9.76. The van der Waals surface area contributed by atoms with Gasteiger partial charge in [0, 0.05) is 5.92 Å². The molecule has 1 aromatic rings. The quantitative estimate of drug-likeness (QED) is 0.263. The van der Waals surface area contributed by atoms with Crippen LogP contribution in [0.2, 0.25) is 0 Å². The van der Waals surface area contributed by atoms with Crippen molar-refractivity contribution in [2.24, 2.45) is 11.8 Å². The van der Waals surface area contributed by atoms with E-state index in [1.165, 1.54) is 0 Å². The van der Waals surface area contributed by atoms with Gasteiger partial charge in [-0.2, -0.15) is 5.26 Å². The Bertz CT molecular complexity index is 771. The zero-order valence-electron chi connectivity index (χ0n) is 16.3. The molecule has 29 heavy (non-hydrogen) atoms. The van der Waals surface area contributed by atoms with E-state index >= 15 is 0 Å². The van der Waals surface area contributed by atoms with E-state index in [1.54, 1.807) is 30.3 Å². The van der Waals surface area contributed by atoms with Crippen LogP contribution in [0.15, 0.2) is 30.3 Å². The third-order valence-electron chi connectivity index (χ3n) is 4.83. The second-order valence-corrected chi connectivity index (χ2v) is 7.32. The zero-order valence-corrected chi connectivity index (χ0v) is 17.2. The van der Waals surface area contributed by atoms with Crippen LogP contribution in [0.3, 0.4) is 0 Å². The van der Waals surface area contributed by atoms with Crippen molar-refractivity contribution in [1.82, 2.24) is 10.6 Å². The molecule has 1 saturated heterocycles. The largest absolute Gasteiger partial charge is 0.465 e. The number of thiocarbonyl (C=S) groups is 1. The molecular formula is C21H25N3O4S. The normalized spacial score (nSPS) is 16.3. The van der Waals surface area contributed by atoms with Crippen LogP contribution in [0.5, 0.6) is 0 Å². The molecule has 1 aromatic carbocycles. The maximum absolute atomic E-state index is 12.7. The maximum Gasteiger partial charge on any atom is 0.324 e. The minimum atomic E-state index is -1.30. The summed E-state index contributed by atoms with van der Waals surface area (Å²) in [6.07, 6.45) is 4.94. The molecule has 0 saturated carbocycles. The molecule has 2 N–H and O–H groups in total. The van der Waals surface area contributed by atoms with Crippen molar-refractivity contribution in [3.8, 4) is 6.07 Å². The summed E-state index contributed by atoms with van der Waals surface area (Å²) in [6.45, 7) is 2.32. The highest BCUT2D eigenvalue weighted by molar-refractivity contribution is 7.80. The van der Waals surface area contributed by atoms with Gasteiger partial charge < -0.3 is 15.4 Å². The molecule has 2 rings (SSSR count). The second kappa shape index (κ2) is 11.3. The van der Waals surface area contributed by atoms with E-state index in [1.807, 2.05) is 6.07 Å². The van der Waals surface area contributed by atoms with Crippen LogP contribution in [0.1, 0.15) is 50.5 Å². The molecule has 1 aliphatic rings. The number of hydrogen-bond acceptors (Lipinski definition) is 6. The molecule has 1 aliphatic heterocycles. The molecule has 0 radical (unpaired) electrons. The van der Waals surface area contributed by atoms with Crippen LogP contribution >= 0.6 is 12.2 Å². The summed E-state index contributed by atoms with van der Waals surface area (Å²) >= 11 is 4.84. The van der Waals surface area contributed by atoms with E-state index in [-0.39, 0.29) is 11.7 Å². The fourth-order valence-corrected chi connectivity index (χ4v) is 3.56. The molecule has 0 spiro atoms. The first-order chi connectivity index (χ1) is 14.0. The molecule has 1 heterocycles. The van der Waals surface area contributed by atoms with Crippen molar-refractivity contribution in [3.63, 3.8) is 0 Å². The average Bonchev–Trinajstić information content (AvgIpc) is 2.70. The van der Waals surface area contributed by atoms with E-state index in [0.717, 1.165) is 25.7 Å². The van der Waals surface area contributed by atoms with Gasteiger partial charge in [0.05, 0.1) is 12.7 Å². The summed E-state index contributed by atoms with van der Waals surface area (Å²) in [5.74, 6) is -5.57. The lowest BCUT2D eigenvalue weighted by Gasteiger charge is -2.31. The highest BCUT2D eigenvalue weighted by Gasteiger charge is 2.46. The van der Waals surface area contributed by atoms with Gasteiger partial charge in [0.2, 0.25) is 11.8 Å². The number of carbonyl (C=O) groups excluding carboxylic acids is 3. The predicted molar refractivity (Wildman–Crippen MR) is 110 cm³/mol. The Morgan fingerprint density at radius 3 is 2.34 bits per heavy atom. The van der Waals surface area contributed by atoms with Gasteiger partial charge >= 0.3 is 5.97 Å². The third kappa shape index (κ3) is 6.09. The third-order valence-corrected chi connectivity index (χ3v) is 5.03. The SMILES string of the molecule is CCCCCCCOC(=O)C(C#N)C(c1ccccc1)C1C(=O)NC(=S)NC1=O. The molecule has 2 atom stereocenters. The highest BCUT2D eigenvalue weighted by Crippen LogP contribution is 2.34. The topological polar surface area (TPSA) is 108 Å². The standard InChI is InChI=1S/C21H25N3O4S/c1-2-3-4-5-9-12-28-20(27)15(13-22)16(14-10-7-6-8-11-14)17-18(25)23-21(29)24-19(17)26/h6-8,10-11,15-17H,2-5,9,12H2,1H3,(H2,23,24,25,26,29). The number of hydrogen-bond donors (Lipinski definition) is 2. The number of benzene rings is 1. The Morgan fingerprint density at radius 1 is 1.14 bits per heavy atom. The predicted octanol–water partition coefficient (Wildman–Crippen LogP) is 2.57. The summed E-state index contributed by atoms with van der Waals surface area (Å²) in [4.78, 5) is 37.7. The van der Waals surface area contributed by atoms with Crippen LogP contribution in [-0.4, -0.2) is 29.5 Å². The van der Waals surface area contributed by atoms with Crippen LogP contribution < -0.4 is 10.6 Å². The van der Waals surface area contributed by atoms with Gasteiger partial charge in [-0.25, -0.2) is 0 Å². The van der Waals surface area contributed by atoms with E-state index in [2.05, 4.69) is 17.6 Å². The summed E-state index contributed by atoms with van der Waals surface area (Å²) in [6, 6.07) is 10.5. The lowest BCUT2D eigenvalue weighted by molar-refractivity contribution is -0.148. The Balaban J connectivity index is 2.19. The minimum Gasteiger partial charge on any atom is -0.465 e. The lowest BCUT2D eigenvalue weighted by atomic mass is 9.75. The highest BCUT2D eigenvalue weighted by atomic mass is 32.1. The molecular weight excluding hydrogens is 390 g/mol. The summed E-state index contributed by atoms with van der Waals surface area (Å²) in [5.41, 5.74) is 0.530. The number of nitrogens with one attached hydrogen (secondary N) is 2. The fraction of sp³-hybridized carbons (Fsp3) is 0.476. The number of unbranched alkanes of at least 4 members (excludes halogenated alkanes) is 4. The van der Waals surface area contributed by atoms with Crippen molar-refractivity contribution in [2.45, 2.75) is 44.9 Å². The van der Waals surface area contributed by atoms with Crippen molar-refractivity contribution in [1.29, 1.82) is 5.26 Å². The minimum absolute atomic E-state index is 0.0915. The van der Waals surface area contributed by atoms with E-state index in [0.29, 0.717) is 12.0 Å². The summed E-state index contributed by atoms with van der Waals surface area (Å²) in [7, 11) is 0. The van der Waals surface area contributed by atoms with Gasteiger partial charge in [0.1, 0.15) is 5.92 Å². The number of nitrogens with zero attached hydrogens (tertiary/aromatic N) is 1. The molecule has 2 amide bonds. The van der Waals surface area contributed by atoms with Gasteiger partial charge in [-0.05, 0) is 24.2 Å². The molecule has 8 heteroatoms. The number of esters is 1. The molecule has 0 aromatic heterocycles. The number of rotatable bonds is 10. The number of amides is 2. The van der Waals surface area contributed by atoms with Gasteiger partial charge in [-0.1, -0.05) is 62.9 Å². The Hall–Kier alpha value is -2.79. The van der Waals surface area contributed by atoms with Crippen LogP contribution in [0.4, 0.5) is 0 Å². The number of ether oxygens (including phenoxy) is 1. The zero-order chi connectivity index (χ0) is 21.2. The van der Waals surface area contributed by atoms with E-state index in [4.69, 9.17) is 17.0 Å². The molecule has 0 aliphatic carbocycles. The van der Waals surface area contributed by atoms with E-state index < -0.39 is 35.5 Å². The van der Waals surface area contributed by atoms with Gasteiger partial charge in [0.15, 0.2) is 11.0 Å². The van der Waals surface area contributed by atoms with Crippen molar-refractivity contribution < 1.29 is 19.1 Å². The Labute approximate surface area is 175 Å². The number of carbonyl (C=O) groups is 3. The van der Waals surface area contributed by atoms with Gasteiger partial charge in [-0.15, -0.1) is 0 Å². The first kappa shape index (κ1) is 22.5. The molecule has 1 fully saturated rings. The molecule has 0 bridgehead atoms. The van der Waals surface area contributed by atoms with Crippen molar-refractivity contribution >= 4 is 35.1 Å². The first-order valence-corrected chi connectivity index (χ1v) is 10.2. The Morgan fingerprint density at radius 2 is 1.76 bits per heavy atom. The fourth-order valence-electron chi connectivity index (χ4n) is 3.36. The lowest BCUT2D eigenvalue weighted by Crippen LogP contribution is -2.58. The van der Waals surface area contributed by atoms with Crippen LogP contribution in [-0.2, 0) is 19.1 Å². The molecule has 2 unspecified atom stereocenters. The molecule has 154 valence electrons. The monoisotopic (exact) mass is 415 g/mol.